The molecule has 0 heterocycles. The molecule has 0 saturated heterocycles. The fraction of sp³-hybridized carbons (Fsp3) is 0.727. The van der Waals surface area contributed by atoms with Gasteiger partial charge in [-0.1, -0.05) is 81.4 Å². The van der Waals surface area contributed by atoms with E-state index in [1.807, 2.05) is 0 Å². The van der Waals surface area contributed by atoms with Gasteiger partial charge in [-0.15, -0.1) is 0 Å². The summed E-state index contributed by atoms with van der Waals surface area (Å²) in [5.41, 5.74) is 3.50. The lowest BCUT2D eigenvalue weighted by Crippen LogP contribution is -2.32. The topological polar surface area (TPSA) is 0 Å². The van der Waals surface area contributed by atoms with Crippen molar-refractivity contribution >= 4 is 0 Å². The van der Waals surface area contributed by atoms with E-state index in [0.717, 1.165) is 5.92 Å². The second-order valence-corrected chi connectivity index (χ2v) is 7.55. The fourth-order valence-corrected chi connectivity index (χ4v) is 4.66. The Hall–Kier alpha value is -0.780. The van der Waals surface area contributed by atoms with E-state index in [0.29, 0.717) is 5.41 Å². The number of rotatable bonds is 2. The molecule has 2 aliphatic rings. The summed E-state index contributed by atoms with van der Waals surface area (Å²) < 4.78 is 0. The van der Waals surface area contributed by atoms with Crippen molar-refractivity contribution in [3.63, 3.8) is 0 Å². The van der Waals surface area contributed by atoms with Crippen molar-refractivity contribution in [3.05, 3.63) is 36.0 Å². The van der Waals surface area contributed by atoms with Crippen molar-refractivity contribution < 1.29 is 0 Å². The highest BCUT2D eigenvalue weighted by atomic mass is 14.4. The number of allylic oxidation sites excluding steroid dienone is 5. The van der Waals surface area contributed by atoms with Gasteiger partial charge in [0.05, 0.1) is 0 Å². The highest BCUT2D eigenvalue weighted by Crippen LogP contribution is 2.49. The van der Waals surface area contributed by atoms with Crippen LogP contribution in [0.15, 0.2) is 36.0 Å². The zero-order valence-electron chi connectivity index (χ0n) is 15.0. The van der Waals surface area contributed by atoms with E-state index in [2.05, 4.69) is 38.7 Å². The molecular formula is C22H36. The molecule has 1 saturated carbocycles. The Labute approximate surface area is 138 Å². The van der Waals surface area contributed by atoms with E-state index in [4.69, 9.17) is 0 Å². The van der Waals surface area contributed by atoms with Crippen LogP contribution in [0, 0.1) is 11.3 Å². The third kappa shape index (κ3) is 4.37. The average Bonchev–Trinajstić information content (AvgIpc) is 2.57. The molecule has 0 bridgehead atoms. The van der Waals surface area contributed by atoms with Crippen LogP contribution < -0.4 is 0 Å². The monoisotopic (exact) mass is 300 g/mol. The molecule has 0 aromatic carbocycles. The first kappa shape index (κ1) is 17.6. The standard InChI is InChI=1S/C22H36/c1-4-12-21-20(5-2)13-10-8-6-7-9-11-16-22(21)17-14-19(3)15-18-22/h5,14,17,21H,3-4,6-13,15-16,18H2,1-2H3/b20-5-. The minimum atomic E-state index is 0.420. The summed E-state index contributed by atoms with van der Waals surface area (Å²) >= 11 is 0. The average molecular weight is 301 g/mol. The zero-order valence-corrected chi connectivity index (χ0v) is 15.0. The van der Waals surface area contributed by atoms with Crippen LogP contribution in [0.5, 0.6) is 0 Å². The summed E-state index contributed by atoms with van der Waals surface area (Å²) in [6.45, 7) is 8.82. The predicted octanol–water partition coefficient (Wildman–Crippen LogP) is 7.38. The third-order valence-electron chi connectivity index (χ3n) is 6.01. The Bertz CT molecular complexity index is 412. The van der Waals surface area contributed by atoms with Crippen LogP contribution in [0.1, 0.15) is 90.9 Å². The Morgan fingerprint density at radius 1 is 1.09 bits per heavy atom. The molecule has 0 aromatic rings. The summed E-state index contributed by atoms with van der Waals surface area (Å²) in [6.07, 6.45) is 23.8. The van der Waals surface area contributed by atoms with Crippen molar-refractivity contribution in [3.8, 4) is 0 Å². The van der Waals surface area contributed by atoms with Crippen LogP contribution in [-0.2, 0) is 0 Å². The summed E-state index contributed by atoms with van der Waals surface area (Å²) in [5.74, 6) is 0.768. The van der Waals surface area contributed by atoms with Crippen molar-refractivity contribution in [1.29, 1.82) is 0 Å². The molecule has 0 radical (unpaired) electrons. The van der Waals surface area contributed by atoms with Gasteiger partial charge in [-0.05, 0) is 56.8 Å². The molecule has 1 fully saturated rings. The lowest BCUT2D eigenvalue weighted by Gasteiger charge is -2.43. The van der Waals surface area contributed by atoms with Crippen LogP contribution in [0.4, 0.5) is 0 Å². The molecule has 0 aromatic heterocycles. The maximum absolute atomic E-state index is 4.19. The number of hydrogen-bond acceptors (Lipinski definition) is 0. The lowest BCUT2D eigenvalue weighted by atomic mass is 9.62. The summed E-state index contributed by atoms with van der Waals surface area (Å²) in [5, 5.41) is 0. The second kappa shape index (κ2) is 8.75. The maximum atomic E-state index is 4.19. The van der Waals surface area contributed by atoms with Gasteiger partial charge in [0.2, 0.25) is 0 Å². The smallest absolute Gasteiger partial charge is 0.00465 e. The lowest BCUT2D eigenvalue weighted by molar-refractivity contribution is 0.196. The highest BCUT2D eigenvalue weighted by Gasteiger charge is 2.38. The summed E-state index contributed by atoms with van der Waals surface area (Å²) in [7, 11) is 0. The molecule has 0 aliphatic heterocycles. The van der Waals surface area contributed by atoms with Gasteiger partial charge in [-0.2, -0.15) is 0 Å². The molecule has 1 spiro atoms. The van der Waals surface area contributed by atoms with E-state index in [1.54, 1.807) is 5.57 Å². The third-order valence-corrected chi connectivity index (χ3v) is 6.01. The molecule has 0 N–H and O–H groups in total. The van der Waals surface area contributed by atoms with E-state index < -0.39 is 0 Å². The van der Waals surface area contributed by atoms with Crippen LogP contribution >= 0.6 is 0 Å². The molecule has 0 heteroatoms. The Morgan fingerprint density at radius 2 is 1.82 bits per heavy atom. The second-order valence-electron chi connectivity index (χ2n) is 7.55. The summed E-state index contributed by atoms with van der Waals surface area (Å²) in [4.78, 5) is 0. The molecule has 0 nitrogen and oxygen atoms in total. The SMILES string of the molecule is C=C1C=CC2(CCCCCCCC/C(=C/C)C2CCC)CC1. The van der Waals surface area contributed by atoms with E-state index in [-0.39, 0.29) is 0 Å². The van der Waals surface area contributed by atoms with Gasteiger partial charge < -0.3 is 0 Å². The van der Waals surface area contributed by atoms with E-state index in [1.165, 1.54) is 82.6 Å². The molecule has 22 heavy (non-hydrogen) atoms. The molecule has 2 atom stereocenters. The molecule has 2 unspecified atom stereocenters. The van der Waals surface area contributed by atoms with Crippen LogP contribution in [0.2, 0.25) is 0 Å². The van der Waals surface area contributed by atoms with Crippen molar-refractivity contribution in [2.24, 2.45) is 11.3 Å². The molecular weight excluding hydrogens is 264 g/mol. The largest absolute Gasteiger partial charge is 0.0958 e. The minimum absolute atomic E-state index is 0.420. The van der Waals surface area contributed by atoms with Gasteiger partial charge in [0.15, 0.2) is 0 Å². The van der Waals surface area contributed by atoms with E-state index in [9.17, 15) is 0 Å². The highest BCUT2D eigenvalue weighted by molar-refractivity contribution is 5.26. The first-order chi connectivity index (χ1) is 10.7. The van der Waals surface area contributed by atoms with Crippen LogP contribution in [0.3, 0.4) is 0 Å². The first-order valence-electron chi connectivity index (χ1n) is 9.74. The van der Waals surface area contributed by atoms with Gasteiger partial charge >= 0.3 is 0 Å². The van der Waals surface area contributed by atoms with Crippen molar-refractivity contribution in [2.45, 2.75) is 90.9 Å². The van der Waals surface area contributed by atoms with E-state index >= 15 is 0 Å². The number of hydrogen-bond donors (Lipinski definition) is 0. The Morgan fingerprint density at radius 3 is 2.45 bits per heavy atom. The first-order valence-corrected chi connectivity index (χ1v) is 9.74. The van der Waals surface area contributed by atoms with Gasteiger partial charge in [-0.3, -0.25) is 0 Å². The van der Waals surface area contributed by atoms with Gasteiger partial charge in [0.25, 0.3) is 0 Å². The summed E-state index contributed by atoms with van der Waals surface area (Å²) in [6, 6.07) is 0. The van der Waals surface area contributed by atoms with Gasteiger partial charge in [-0.25, -0.2) is 0 Å². The van der Waals surface area contributed by atoms with Gasteiger partial charge in [0.1, 0.15) is 0 Å². The molecule has 2 rings (SSSR count). The molecule has 124 valence electrons. The predicted molar refractivity (Wildman–Crippen MR) is 99.0 cm³/mol. The Balaban J connectivity index is 2.31. The van der Waals surface area contributed by atoms with Crippen molar-refractivity contribution in [1.82, 2.24) is 0 Å². The molecule has 2 aliphatic carbocycles. The zero-order chi connectivity index (χ0) is 15.8. The van der Waals surface area contributed by atoms with Gasteiger partial charge in [0, 0.05) is 0 Å². The Kier molecular flexibility index (Phi) is 6.99. The van der Waals surface area contributed by atoms with Crippen LogP contribution in [0.25, 0.3) is 0 Å². The maximum Gasteiger partial charge on any atom is -0.00465 e. The molecule has 0 amide bonds. The minimum Gasteiger partial charge on any atom is -0.0958 e. The quantitative estimate of drug-likeness (QED) is 0.467. The van der Waals surface area contributed by atoms with Crippen LogP contribution in [-0.4, -0.2) is 0 Å². The fourth-order valence-electron chi connectivity index (χ4n) is 4.66. The normalized spacial score (nSPS) is 33.1. The van der Waals surface area contributed by atoms with Crippen molar-refractivity contribution in [2.75, 3.05) is 0 Å².